The van der Waals surface area contributed by atoms with Crippen LogP contribution in [0.25, 0.3) is 11.4 Å². The monoisotopic (exact) mass is 513 g/mol. The van der Waals surface area contributed by atoms with Crippen LogP contribution in [0.5, 0.6) is 23.0 Å². The molecule has 0 spiro atoms. The standard InChI is InChI=1S/C24H27N5O6S/c1-6-29-23(17-7-9-18(32-3)10-8-17)27-28-24(29)36-14-21(31)26-25-13-16-11-19(33-4)22(35-15(2)30)20(12-16)34-5/h7-13H,6,14H2,1-5H3,(H,26,31)/b25-13-. The van der Waals surface area contributed by atoms with E-state index in [4.69, 9.17) is 18.9 Å². The summed E-state index contributed by atoms with van der Waals surface area (Å²) in [4.78, 5) is 23.7. The Labute approximate surface area is 212 Å². The minimum absolute atomic E-state index is 0.0934. The Hall–Kier alpha value is -4.06. The molecular formula is C24H27N5O6S. The first-order valence-electron chi connectivity index (χ1n) is 10.9. The third kappa shape index (κ3) is 6.54. The van der Waals surface area contributed by atoms with Gasteiger partial charge in [-0.05, 0) is 43.3 Å². The molecule has 190 valence electrons. The van der Waals surface area contributed by atoms with E-state index < -0.39 is 5.97 Å². The molecule has 0 aliphatic carbocycles. The number of methoxy groups -OCH3 is 3. The lowest BCUT2D eigenvalue weighted by molar-refractivity contribution is -0.132. The van der Waals surface area contributed by atoms with Gasteiger partial charge in [0.15, 0.2) is 22.5 Å². The number of aromatic nitrogens is 3. The quantitative estimate of drug-likeness (QED) is 0.135. The van der Waals surface area contributed by atoms with E-state index in [0.29, 0.717) is 34.6 Å². The van der Waals surface area contributed by atoms with Gasteiger partial charge in [-0.3, -0.25) is 9.59 Å². The topological polar surface area (TPSA) is 126 Å². The second-order valence-electron chi connectivity index (χ2n) is 7.21. The number of hydrazone groups is 1. The summed E-state index contributed by atoms with van der Waals surface area (Å²) in [6.45, 7) is 3.91. The van der Waals surface area contributed by atoms with E-state index in [0.717, 1.165) is 11.3 Å². The van der Waals surface area contributed by atoms with Gasteiger partial charge in [0.25, 0.3) is 5.91 Å². The second-order valence-corrected chi connectivity index (χ2v) is 8.15. The van der Waals surface area contributed by atoms with Crippen LogP contribution in [0.3, 0.4) is 0 Å². The molecule has 3 aromatic rings. The Balaban J connectivity index is 1.63. The summed E-state index contributed by atoms with van der Waals surface area (Å²) in [6.07, 6.45) is 1.43. The van der Waals surface area contributed by atoms with Crippen molar-refractivity contribution in [1.82, 2.24) is 20.2 Å². The number of nitrogens with zero attached hydrogens (tertiary/aromatic N) is 4. The van der Waals surface area contributed by atoms with Crippen molar-refractivity contribution in [2.45, 2.75) is 25.5 Å². The van der Waals surface area contributed by atoms with Crippen LogP contribution in [-0.2, 0) is 16.1 Å². The number of nitrogens with one attached hydrogen (secondary N) is 1. The highest BCUT2D eigenvalue weighted by molar-refractivity contribution is 7.99. The molecule has 0 aliphatic rings. The molecule has 36 heavy (non-hydrogen) atoms. The van der Waals surface area contributed by atoms with Gasteiger partial charge in [0, 0.05) is 24.6 Å². The minimum Gasteiger partial charge on any atom is -0.497 e. The molecule has 0 saturated heterocycles. The number of carbonyl (C=O) groups is 2. The molecule has 0 unspecified atom stereocenters. The van der Waals surface area contributed by atoms with Crippen molar-refractivity contribution in [2.75, 3.05) is 27.1 Å². The van der Waals surface area contributed by atoms with Crippen LogP contribution in [0.15, 0.2) is 46.7 Å². The first-order chi connectivity index (χ1) is 17.4. The fraction of sp³-hybridized carbons (Fsp3) is 0.292. The highest BCUT2D eigenvalue weighted by Crippen LogP contribution is 2.38. The summed E-state index contributed by atoms with van der Waals surface area (Å²) in [5, 5.41) is 13.1. The number of carbonyl (C=O) groups excluding carboxylic acids is 2. The third-order valence-electron chi connectivity index (χ3n) is 4.85. The molecule has 0 radical (unpaired) electrons. The normalized spacial score (nSPS) is 10.8. The molecule has 3 rings (SSSR count). The molecule has 1 aromatic heterocycles. The summed E-state index contributed by atoms with van der Waals surface area (Å²) in [6, 6.07) is 10.8. The lowest BCUT2D eigenvalue weighted by atomic mass is 10.2. The SMILES string of the molecule is CCn1c(SCC(=O)N/N=C\c2cc(OC)c(OC(C)=O)c(OC)c2)nnc1-c1ccc(OC)cc1. The smallest absolute Gasteiger partial charge is 0.308 e. The molecule has 2 aromatic carbocycles. The number of esters is 1. The van der Waals surface area contributed by atoms with Crippen LogP contribution in [-0.4, -0.2) is 59.9 Å². The number of hydrogen-bond acceptors (Lipinski definition) is 10. The van der Waals surface area contributed by atoms with Gasteiger partial charge >= 0.3 is 5.97 Å². The summed E-state index contributed by atoms with van der Waals surface area (Å²) >= 11 is 1.26. The predicted octanol–water partition coefficient (Wildman–Crippen LogP) is 3.16. The molecule has 0 atom stereocenters. The molecule has 0 fully saturated rings. The van der Waals surface area contributed by atoms with Crippen molar-refractivity contribution >= 4 is 29.9 Å². The number of benzene rings is 2. The number of thioether (sulfide) groups is 1. The fourth-order valence-corrected chi connectivity index (χ4v) is 3.99. The Morgan fingerprint density at radius 1 is 1.06 bits per heavy atom. The molecule has 11 nitrogen and oxygen atoms in total. The highest BCUT2D eigenvalue weighted by Gasteiger charge is 2.16. The third-order valence-corrected chi connectivity index (χ3v) is 5.81. The zero-order chi connectivity index (χ0) is 26.1. The van der Waals surface area contributed by atoms with Crippen molar-refractivity contribution in [3.63, 3.8) is 0 Å². The van der Waals surface area contributed by atoms with Gasteiger partial charge in [-0.25, -0.2) is 5.43 Å². The van der Waals surface area contributed by atoms with Crippen LogP contribution >= 0.6 is 11.8 Å². The number of hydrogen-bond donors (Lipinski definition) is 1. The number of ether oxygens (including phenoxy) is 4. The van der Waals surface area contributed by atoms with Gasteiger partial charge in [0.2, 0.25) is 5.75 Å². The van der Waals surface area contributed by atoms with Crippen molar-refractivity contribution in [2.24, 2.45) is 5.10 Å². The Kier molecular flexibility index (Phi) is 9.28. The molecule has 0 aliphatic heterocycles. The van der Waals surface area contributed by atoms with Crippen LogP contribution in [0, 0.1) is 0 Å². The van der Waals surface area contributed by atoms with Gasteiger partial charge in [-0.1, -0.05) is 11.8 Å². The molecule has 12 heteroatoms. The Bertz CT molecular complexity index is 1220. The van der Waals surface area contributed by atoms with E-state index in [1.54, 1.807) is 19.2 Å². The molecule has 1 N–H and O–H groups in total. The van der Waals surface area contributed by atoms with Crippen molar-refractivity contribution in [3.8, 4) is 34.4 Å². The van der Waals surface area contributed by atoms with Crippen molar-refractivity contribution in [1.29, 1.82) is 0 Å². The van der Waals surface area contributed by atoms with Crippen LogP contribution < -0.4 is 24.4 Å². The van der Waals surface area contributed by atoms with E-state index in [1.807, 2.05) is 35.8 Å². The fourth-order valence-electron chi connectivity index (χ4n) is 3.19. The van der Waals surface area contributed by atoms with Gasteiger partial charge in [0.1, 0.15) is 5.75 Å². The molecule has 1 heterocycles. The van der Waals surface area contributed by atoms with E-state index in [2.05, 4.69) is 20.7 Å². The summed E-state index contributed by atoms with van der Waals surface area (Å²) < 4.78 is 22.9. The van der Waals surface area contributed by atoms with Crippen molar-refractivity contribution < 1.29 is 28.5 Å². The first-order valence-corrected chi connectivity index (χ1v) is 11.8. The Morgan fingerprint density at radius 3 is 2.28 bits per heavy atom. The number of rotatable bonds is 11. The van der Waals surface area contributed by atoms with Crippen molar-refractivity contribution in [3.05, 3.63) is 42.0 Å². The minimum atomic E-state index is -0.507. The summed E-state index contributed by atoms with van der Waals surface area (Å²) in [7, 11) is 4.50. The number of amides is 1. The van der Waals surface area contributed by atoms with Crippen LogP contribution in [0.2, 0.25) is 0 Å². The maximum absolute atomic E-state index is 12.4. The average Bonchev–Trinajstić information content (AvgIpc) is 3.30. The summed E-state index contributed by atoms with van der Waals surface area (Å²) in [5.41, 5.74) is 3.95. The largest absolute Gasteiger partial charge is 0.497 e. The summed E-state index contributed by atoms with van der Waals surface area (Å²) in [5.74, 6) is 1.48. The molecule has 0 bridgehead atoms. The maximum Gasteiger partial charge on any atom is 0.308 e. The van der Waals surface area contributed by atoms with Gasteiger partial charge in [0.05, 0.1) is 33.3 Å². The average molecular weight is 514 g/mol. The van der Waals surface area contributed by atoms with Gasteiger partial charge < -0.3 is 23.5 Å². The zero-order valence-electron chi connectivity index (χ0n) is 20.6. The second kappa shape index (κ2) is 12.6. The van der Waals surface area contributed by atoms with Gasteiger partial charge in [-0.2, -0.15) is 5.10 Å². The highest BCUT2D eigenvalue weighted by atomic mass is 32.2. The maximum atomic E-state index is 12.4. The Morgan fingerprint density at radius 2 is 1.72 bits per heavy atom. The van der Waals surface area contributed by atoms with E-state index in [1.165, 1.54) is 39.1 Å². The molecular weight excluding hydrogens is 486 g/mol. The lowest BCUT2D eigenvalue weighted by Gasteiger charge is -2.13. The van der Waals surface area contributed by atoms with E-state index in [9.17, 15) is 9.59 Å². The first kappa shape index (κ1) is 26.5. The predicted molar refractivity (Wildman–Crippen MR) is 135 cm³/mol. The zero-order valence-corrected chi connectivity index (χ0v) is 21.4. The lowest BCUT2D eigenvalue weighted by Crippen LogP contribution is -2.20. The van der Waals surface area contributed by atoms with Crippen LogP contribution in [0.1, 0.15) is 19.4 Å². The van der Waals surface area contributed by atoms with E-state index >= 15 is 0 Å². The van der Waals surface area contributed by atoms with Gasteiger partial charge in [-0.15, -0.1) is 10.2 Å². The van der Waals surface area contributed by atoms with Crippen LogP contribution in [0.4, 0.5) is 0 Å². The molecule has 1 amide bonds. The van der Waals surface area contributed by atoms with E-state index in [-0.39, 0.29) is 17.4 Å². The molecule has 0 saturated carbocycles.